The Hall–Kier alpha value is -0.900. The summed E-state index contributed by atoms with van der Waals surface area (Å²) in [6, 6.07) is 0. The molecule has 4 N–H and O–H groups in total. The molecule has 370 valence electrons. The van der Waals surface area contributed by atoms with Gasteiger partial charge in [0, 0.05) is 13.0 Å². The fourth-order valence-corrected chi connectivity index (χ4v) is 8.83. The van der Waals surface area contributed by atoms with Gasteiger partial charge in [-0.3, -0.25) is 9.35 Å². The standard InChI is InChI=1S/C49H96O12S/c1-3-5-7-9-11-13-15-17-19-20-21-22-23-24-25-27-29-31-33-35-37-39-57-41-43(42-58-49-47(53)48(61-62(54,55)56)46(52)44(40-50)60-49)59-45(51)38-36-34-32-30-28-26-18-16-14-12-10-8-6-4-2/h43-44,46-50,52-53H,3-42H2,1-2H3,(H,54,55,56). The van der Waals surface area contributed by atoms with Crippen LogP contribution in [0.15, 0.2) is 0 Å². The van der Waals surface area contributed by atoms with Crippen molar-refractivity contribution in [3.8, 4) is 0 Å². The summed E-state index contributed by atoms with van der Waals surface area (Å²) in [4.78, 5) is 12.9. The smallest absolute Gasteiger partial charge is 0.397 e. The topological polar surface area (TPSA) is 178 Å². The third kappa shape index (κ3) is 34.4. The monoisotopic (exact) mass is 909 g/mol. The molecule has 0 aromatic rings. The Morgan fingerprint density at radius 1 is 0.548 bits per heavy atom. The van der Waals surface area contributed by atoms with Crippen molar-refractivity contribution in [1.82, 2.24) is 0 Å². The zero-order valence-electron chi connectivity index (χ0n) is 39.7. The van der Waals surface area contributed by atoms with Crippen LogP contribution >= 0.6 is 0 Å². The fourth-order valence-electron chi connectivity index (χ4n) is 8.32. The molecule has 0 amide bonds. The van der Waals surface area contributed by atoms with E-state index >= 15 is 0 Å². The van der Waals surface area contributed by atoms with E-state index < -0.39 is 59.8 Å². The number of esters is 1. The van der Waals surface area contributed by atoms with Crippen LogP contribution in [0.5, 0.6) is 0 Å². The Balaban J connectivity index is 2.32. The number of rotatable bonds is 46. The molecule has 1 rings (SSSR count). The highest BCUT2D eigenvalue weighted by Gasteiger charge is 2.48. The molecule has 0 radical (unpaired) electrons. The average molecular weight is 909 g/mol. The highest BCUT2D eigenvalue weighted by atomic mass is 32.3. The quantitative estimate of drug-likeness (QED) is 0.0258. The second-order valence-corrected chi connectivity index (χ2v) is 19.2. The predicted octanol–water partition coefficient (Wildman–Crippen LogP) is 11.6. The SMILES string of the molecule is CCCCCCCCCCCCCCCCCCCCCCCOCC(COC1OC(CO)C(O)C(OS(=O)(=O)O)C1O)OC(=O)CCCCCCCCCCCCCCCC. The van der Waals surface area contributed by atoms with Crippen molar-refractivity contribution in [2.75, 3.05) is 26.4 Å². The second kappa shape index (κ2) is 41.5. The highest BCUT2D eigenvalue weighted by molar-refractivity contribution is 7.80. The number of hydrogen-bond donors (Lipinski definition) is 4. The van der Waals surface area contributed by atoms with Gasteiger partial charge in [0.1, 0.15) is 30.5 Å². The van der Waals surface area contributed by atoms with Gasteiger partial charge in [0.05, 0.1) is 19.8 Å². The minimum Gasteiger partial charge on any atom is -0.457 e. The van der Waals surface area contributed by atoms with Crippen molar-refractivity contribution < 1.29 is 56.2 Å². The molecule has 1 fully saturated rings. The van der Waals surface area contributed by atoms with E-state index in [-0.39, 0.29) is 19.6 Å². The van der Waals surface area contributed by atoms with Gasteiger partial charge < -0.3 is 34.3 Å². The molecule has 12 nitrogen and oxygen atoms in total. The van der Waals surface area contributed by atoms with Crippen LogP contribution < -0.4 is 0 Å². The molecule has 0 aromatic carbocycles. The molecular weight excluding hydrogens is 813 g/mol. The van der Waals surface area contributed by atoms with Crippen LogP contribution in [0.2, 0.25) is 0 Å². The van der Waals surface area contributed by atoms with E-state index in [1.165, 1.54) is 180 Å². The Labute approximate surface area is 379 Å². The molecule has 1 aliphatic heterocycles. The van der Waals surface area contributed by atoms with E-state index in [1.54, 1.807) is 0 Å². The molecule has 6 atom stereocenters. The van der Waals surface area contributed by atoms with Crippen LogP contribution in [-0.4, -0.2) is 97.5 Å². The minimum atomic E-state index is -5.06. The van der Waals surface area contributed by atoms with Gasteiger partial charge in [-0.2, -0.15) is 8.42 Å². The van der Waals surface area contributed by atoms with Crippen molar-refractivity contribution >= 4 is 16.4 Å². The Bertz CT molecular complexity index is 1090. The summed E-state index contributed by atoms with van der Waals surface area (Å²) in [5, 5.41) is 30.7. The molecule has 1 aliphatic rings. The summed E-state index contributed by atoms with van der Waals surface area (Å²) in [6.07, 6.45) is 35.7. The fraction of sp³-hybridized carbons (Fsp3) is 0.980. The van der Waals surface area contributed by atoms with E-state index in [0.29, 0.717) is 13.0 Å². The first-order valence-corrected chi connectivity index (χ1v) is 27.2. The van der Waals surface area contributed by atoms with Crippen LogP contribution in [0.25, 0.3) is 0 Å². The summed E-state index contributed by atoms with van der Waals surface area (Å²) in [7, 11) is -5.06. The van der Waals surface area contributed by atoms with E-state index in [9.17, 15) is 33.1 Å². The summed E-state index contributed by atoms with van der Waals surface area (Å²) < 4.78 is 59.2. The van der Waals surface area contributed by atoms with Crippen LogP contribution in [0.3, 0.4) is 0 Å². The molecule has 0 aliphatic carbocycles. The van der Waals surface area contributed by atoms with Gasteiger partial charge in [0.2, 0.25) is 0 Å². The molecule has 62 heavy (non-hydrogen) atoms. The zero-order chi connectivity index (χ0) is 45.4. The summed E-state index contributed by atoms with van der Waals surface area (Å²) >= 11 is 0. The first-order chi connectivity index (χ1) is 30.1. The Morgan fingerprint density at radius 2 is 0.919 bits per heavy atom. The lowest BCUT2D eigenvalue weighted by molar-refractivity contribution is -0.301. The molecular formula is C49H96O12S. The van der Waals surface area contributed by atoms with Crippen LogP contribution in [0, 0.1) is 0 Å². The van der Waals surface area contributed by atoms with Crippen LogP contribution in [-0.2, 0) is 38.3 Å². The Morgan fingerprint density at radius 3 is 1.29 bits per heavy atom. The van der Waals surface area contributed by atoms with Crippen molar-refractivity contribution in [3.63, 3.8) is 0 Å². The molecule has 0 spiro atoms. The highest BCUT2D eigenvalue weighted by Crippen LogP contribution is 2.26. The molecule has 13 heteroatoms. The van der Waals surface area contributed by atoms with Crippen molar-refractivity contribution in [2.45, 2.75) is 282 Å². The molecule has 0 aromatic heterocycles. The maximum atomic E-state index is 12.9. The van der Waals surface area contributed by atoms with Crippen molar-refractivity contribution in [2.24, 2.45) is 0 Å². The van der Waals surface area contributed by atoms with E-state index in [1.807, 2.05) is 0 Å². The zero-order valence-corrected chi connectivity index (χ0v) is 40.5. The maximum Gasteiger partial charge on any atom is 0.397 e. The van der Waals surface area contributed by atoms with Crippen LogP contribution in [0.4, 0.5) is 0 Å². The lowest BCUT2D eigenvalue weighted by Crippen LogP contribution is -2.60. The molecule has 1 saturated heterocycles. The normalized spacial score (nSPS) is 19.9. The lowest BCUT2D eigenvalue weighted by atomic mass is 9.99. The van der Waals surface area contributed by atoms with Gasteiger partial charge in [0.25, 0.3) is 0 Å². The molecule has 6 unspecified atom stereocenters. The van der Waals surface area contributed by atoms with Gasteiger partial charge in [-0.25, -0.2) is 4.18 Å². The van der Waals surface area contributed by atoms with E-state index in [0.717, 1.165) is 38.5 Å². The maximum absolute atomic E-state index is 12.9. The predicted molar refractivity (Wildman–Crippen MR) is 248 cm³/mol. The van der Waals surface area contributed by atoms with Gasteiger partial charge >= 0.3 is 16.4 Å². The molecule has 0 saturated carbocycles. The first kappa shape index (κ1) is 59.1. The van der Waals surface area contributed by atoms with Gasteiger partial charge in [0.15, 0.2) is 6.29 Å². The molecule has 1 heterocycles. The number of unbranched alkanes of at least 4 members (excludes halogenated alkanes) is 33. The van der Waals surface area contributed by atoms with Crippen LogP contribution in [0.1, 0.15) is 245 Å². The van der Waals surface area contributed by atoms with Crippen molar-refractivity contribution in [3.05, 3.63) is 0 Å². The Kier molecular flexibility index (Phi) is 39.6. The summed E-state index contributed by atoms with van der Waals surface area (Å²) in [6.45, 7) is 4.05. The third-order valence-electron chi connectivity index (χ3n) is 12.2. The van der Waals surface area contributed by atoms with E-state index in [4.69, 9.17) is 18.9 Å². The number of aliphatic hydroxyl groups excluding tert-OH is 3. The third-order valence-corrected chi connectivity index (χ3v) is 12.7. The lowest BCUT2D eigenvalue weighted by Gasteiger charge is -2.41. The second-order valence-electron chi connectivity index (χ2n) is 18.1. The van der Waals surface area contributed by atoms with Gasteiger partial charge in [-0.1, -0.05) is 226 Å². The van der Waals surface area contributed by atoms with E-state index in [2.05, 4.69) is 18.0 Å². The van der Waals surface area contributed by atoms with Gasteiger partial charge in [-0.05, 0) is 12.8 Å². The average Bonchev–Trinajstić information content (AvgIpc) is 3.24. The number of ether oxygens (including phenoxy) is 4. The summed E-state index contributed by atoms with van der Waals surface area (Å²) in [5.41, 5.74) is 0. The number of carbonyl (C=O) groups excluding carboxylic acids is 1. The number of carbonyl (C=O) groups is 1. The number of aliphatic hydroxyl groups is 3. The van der Waals surface area contributed by atoms with Gasteiger partial charge in [-0.15, -0.1) is 0 Å². The van der Waals surface area contributed by atoms with Crippen molar-refractivity contribution in [1.29, 1.82) is 0 Å². The molecule has 0 bridgehead atoms. The number of hydrogen-bond acceptors (Lipinski definition) is 11. The summed E-state index contributed by atoms with van der Waals surface area (Å²) in [5.74, 6) is -0.392. The largest absolute Gasteiger partial charge is 0.457 e. The first-order valence-electron chi connectivity index (χ1n) is 25.8. The minimum absolute atomic E-state index is 0.0451.